The number of fused-ring (bicyclic) bond motifs is 1. The van der Waals surface area contributed by atoms with Gasteiger partial charge in [-0.1, -0.05) is 0 Å². The van der Waals surface area contributed by atoms with E-state index in [4.69, 9.17) is 17.3 Å². The Morgan fingerprint density at radius 2 is 1.97 bits per heavy atom. The number of primary amides is 1. The Labute approximate surface area is 230 Å². The van der Waals surface area contributed by atoms with Crippen molar-refractivity contribution in [3.63, 3.8) is 0 Å². The van der Waals surface area contributed by atoms with Crippen molar-refractivity contribution < 1.29 is 22.7 Å². The number of methoxy groups -OCH3 is 1. The number of ether oxygens (including phenoxy) is 1. The van der Waals surface area contributed by atoms with Gasteiger partial charge in [-0.3, -0.25) is 0 Å². The van der Waals surface area contributed by atoms with Crippen LogP contribution in [0.3, 0.4) is 0 Å². The number of nitrogens with zero attached hydrogens (tertiary/aromatic N) is 3. The van der Waals surface area contributed by atoms with Crippen molar-refractivity contribution >= 4 is 53.7 Å². The molecule has 0 saturated carbocycles. The zero-order valence-electron chi connectivity index (χ0n) is 20.9. The van der Waals surface area contributed by atoms with Crippen LogP contribution in [-0.2, 0) is 17.6 Å². The van der Waals surface area contributed by atoms with Crippen LogP contribution in [0.2, 0.25) is 5.02 Å². The summed E-state index contributed by atoms with van der Waals surface area (Å²) in [6, 6.07) is 11.5. The first kappa shape index (κ1) is 28.4. The molecule has 0 radical (unpaired) electrons. The van der Waals surface area contributed by atoms with Crippen LogP contribution in [0.5, 0.6) is 0 Å². The molecule has 202 valence electrons. The average Bonchev–Trinajstić information content (AvgIpc) is 3.06. The van der Waals surface area contributed by atoms with Crippen molar-refractivity contribution in [3.8, 4) is 0 Å². The van der Waals surface area contributed by atoms with Gasteiger partial charge in [-0.05, 0) is 0 Å². The van der Waals surface area contributed by atoms with Crippen LogP contribution in [0, 0.1) is 6.92 Å². The van der Waals surface area contributed by atoms with Crippen molar-refractivity contribution in [2.75, 3.05) is 32.1 Å². The number of hydrogen-bond donors (Lipinski definition) is 2. The number of nitrogens with two attached hydrogens (primary N) is 1. The van der Waals surface area contributed by atoms with Gasteiger partial charge in [0.05, 0.1) is 0 Å². The third-order valence-electron chi connectivity index (χ3n) is 6.46. The number of carbonyl (C=O) groups is 1. The Hall–Kier alpha value is -2.65. The van der Waals surface area contributed by atoms with Crippen molar-refractivity contribution in [2.45, 2.75) is 32.0 Å². The first-order chi connectivity index (χ1) is 18.0. The van der Waals surface area contributed by atoms with Gasteiger partial charge in [-0.15, -0.1) is 0 Å². The molecule has 4 rings (SSSR count). The first-order valence-electron chi connectivity index (χ1n) is 11.9. The predicted molar refractivity (Wildman–Crippen MR) is 144 cm³/mol. The van der Waals surface area contributed by atoms with Crippen LogP contribution in [-0.4, -0.2) is 75.6 Å². The SMILES string of the molecule is CO[C@@H](CN1CCc2ccc([AsH]c3ncc(Cl)c(Nc4c(C)cccc4C(N)=O)n3)cc2CC1)C(F)(F)F. The molecule has 3 aromatic rings. The number of aryl methyl sites for hydroxylation is 1. The van der Waals surface area contributed by atoms with E-state index in [0.29, 0.717) is 52.6 Å². The van der Waals surface area contributed by atoms with E-state index in [0.717, 1.165) is 28.2 Å². The Morgan fingerprint density at radius 3 is 2.66 bits per heavy atom. The van der Waals surface area contributed by atoms with Gasteiger partial charge in [0.2, 0.25) is 0 Å². The maximum absolute atomic E-state index is 13.2. The zero-order chi connectivity index (χ0) is 27.4. The standard InChI is InChI=1S/C26H28AsClF3N5O2/c1-15-4-3-5-19(23(32)37)22(15)34-24-20(28)13-33-25(35-24)27-18-7-6-16-8-10-36(11-9-17(16)12-18)14-21(38-2)26(29,30)31/h3-7,12-13,21,27H,8-11,14H2,1-2H3,(H2,32,37)(H,33,34,35)/t21-/m0/s1. The average molecular weight is 610 g/mol. The fraction of sp³-hybridized carbons (Fsp3) is 0.346. The van der Waals surface area contributed by atoms with E-state index >= 15 is 0 Å². The number of carbonyl (C=O) groups excluding carboxylic acids is 1. The van der Waals surface area contributed by atoms with Crippen LogP contribution in [0.25, 0.3) is 0 Å². The zero-order valence-corrected chi connectivity index (χ0v) is 23.8. The van der Waals surface area contributed by atoms with Gasteiger partial charge in [0, 0.05) is 0 Å². The van der Waals surface area contributed by atoms with Crippen molar-refractivity contribution in [3.05, 3.63) is 69.9 Å². The van der Waals surface area contributed by atoms with Crippen LogP contribution < -0.4 is 20.0 Å². The second kappa shape index (κ2) is 12.0. The quantitative estimate of drug-likeness (QED) is 0.382. The van der Waals surface area contributed by atoms with Gasteiger partial charge in [0.25, 0.3) is 0 Å². The summed E-state index contributed by atoms with van der Waals surface area (Å²) in [5.41, 5.74) is 9.51. The third-order valence-corrected chi connectivity index (χ3v) is 8.97. The number of benzene rings is 2. The number of alkyl halides is 3. The van der Waals surface area contributed by atoms with Crippen LogP contribution in [0.1, 0.15) is 27.0 Å². The summed E-state index contributed by atoms with van der Waals surface area (Å²) in [4.78, 5) is 22.8. The third kappa shape index (κ3) is 6.86. The number of rotatable bonds is 8. The first-order valence-corrected chi connectivity index (χ1v) is 14.4. The number of nitrogens with one attached hydrogen (secondary N) is 1. The van der Waals surface area contributed by atoms with Crippen molar-refractivity contribution in [2.24, 2.45) is 5.73 Å². The molecule has 1 aromatic heterocycles. The summed E-state index contributed by atoms with van der Waals surface area (Å²) in [5.74, 6) is -0.172. The van der Waals surface area contributed by atoms with Gasteiger partial charge in [-0.2, -0.15) is 0 Å². The molecule has 7 nitrogen and oxygen atoms in total. The molecular formula is C26H28AsClF3N5O2. The molecule has 0 bridgehead atoms. The molecule has 1 amide bonds. The van der Waals surface area contributed by atoms with Gasteiger partial charge in [-0.25, -0.2) is 0 Å². The molecule has 12 heteroatoms. The van der Waals surface area contributed by atoms with Gasteiger partial charge in [0.1, 0.15) is 0 Å². The van der Waals surface area contributed by atoms with Gasteiger partial charge >= 0.3 is 231 Å². The number of anilines is 2. The molecule has 0 fully saturated rings. The molecule has 0 saturated heterocycles. The Balaban J connectivity index is 1.49. The van der Waals surface area contributed by atoms with E-state index < -0.39 is 33.9 Å². The number of para-hydroxylation sites is 1. The van der Waals surface area contributed by atoms with E-state index in [-0.39, 0.29) is 6.54 Å². The summed E-state index contributed by atoms with van der Waals surface area (Å²) in [6.07, 6.45) is -3.32. The van der Waals surface area contributed by atoms with Gasteiger partial charge < -0.3 is 0 Å². The monoisotopic (exact) mass is 609 g/mol. The normalized spacial score (nSPS) is 15.3. The molecule has 1 aliphatic heterocycles. The molecule has 2 aromatic carbocycles. The summed E-state index contributed by atoms with van der Waals surface area (Å²) >= 11 is 5.43. The summed E-state index contributed by atoms with van der Waals surface area (Å²) < 4.78 is 45.9. The molecule has 0 aliphatic carbocycles. The van der Waals surface area contributed by atoms with Crippen LogP contribution in [0.4, 0.5) is 24.7 Å². The van der Waals surface area contributed by atoms with Crippen LogP contribution >= 0.6 is 11.6 Å². The topological polar surface area (TPSA) is 93.4 Å². The van der Waals surface area contributed by atoms with E-state index in [1.807, 2.05) is 24.0 Å². The minimum atomic E-state index is -4.39. The van der Waals surface area contributed by atoms with Crippen LogP contribution in [0.15, 0.2) is 42.6 Å². The fourth-order valence-electron chi connectivity index (χ4n) is 4.38. The molecule has 2 heterocycles. The number of amides is 1. The second-order valence-corrected chi connectivity index (χ2v) is 12.1. The molecule has 1 aliphatic rings. The van der Waals surface area contributed by atoms with E-state index in [1.165, 1.54) is 6.20 Å². The fourth-order valence-corrected chi connectivity index (χ4v) is 6.55. The summed E-state index contributed by atoms with van der Waals surface area (Å²) in [5, 5.41) is 3.46. The minimum absolute atomic E-state index is 0.179. The van der Waals surface area contributed by atoms with Gasteiger partial charge in [0.15, 0.2) is 0 Å². The van der Waals surface area contributed by atoms with E-state index in [2.05, 4.69) is 32.2 Å². The van der Waals surface area contributed by atoms with E-state index in [9.17, 15) is 18.0 Å². The Morgan fingerprint density at radius 1 is 1.24 bits per heavy atom. The van der Waals surface area contributed by atoms with E-state index in [1.54, 1.807) is 12.1 Å². The molecular weight excluding hydrogens is 582 g/mol. The Bertz CT molecular complexity index is 1320. The molecule has 38 heavy (non-hydrogen) atoms. The molecule has 0 spiro atoms. The summed E-state index contributed by atoms with van der Waals surface area (Å²) in [7, 11) is 1.10. The van der Waals surface area contributed by atoms with Crippen molar-refractivity contribution in [1.29, 1.82) is 0 Å². The number of hydrogen-bond acceptors (Lipinski definition) is 6. The van der Waals surface area contributed by atoms with Crippen molar-refractivity contribution in [1.82, 2.24) is 14.9 Å². The summed E-state index contributed by atoms with van der Waals surface area (Å²) in [6.45, 7) is 2.74. The number of halogens is 4. The molecule has 1 unspecified atom stereocenters. The number of aromatic nitrogens is 2. The maximum atomic E-state index is 13.2. The molecule has 2 atom stereocenters. The molecule has 3 N–H and O–H groups in total. The Kier molecular flexibility index (Phi) is 8.98. The second-order valence-electron chi connectivity index (χ2n) is 9.05. The predicted octanol–water partition coefficient (Wildman–Crippen LogP) is 2.65.